The maximum absolute atomic E-state index is 11.9. The molecule has 0 aromatic heterocycles. The third-order valence-corrected chi connectivity index (χ3v) is 4.38. The lowest BCUT2D eigenvalue weighted by atomic mass is 9.72. The lowest BCUT2D eigenvalue weighted by molar-refractivity contribution is -0.136. The highest BCUT2D eigenvalue weighted by Gasteiger charge is 2.35. The standard InChI is InChI=1S/C17H24N2O4/c1-13-4-2-3-5-14(13)17(7-10-23-11-8-17)12-19-16(22)18-9-6-15(20)21/h2-5H,6-12H2,1H3,(H,20,21)(H2,18,19,22). The van der Waals surface area contributed by atoms with Crippen LogP contribution in [0.3, 0.4) is 0 Å². The van der Waals surface area contributed by atoms with Crippen molar-refractivity contribution in [2.75, 3.05) is 26.3 Å². The Morgan fingerprint density at radius 1 is 1.22 bits per heavy atom. The monoisotopic (exact) mass is 320 g/mol. The second-order valence-corrected chi connectivity index (χ2v) is 5.96. The van der Waals surface area contributed by atoms with Crippen molar-refractivity contribution in [2.24, 2.45) is 0 Å². The maximum atomic E-state index is 11.9. The van der Waals surface area contributed by atoms with Gasteiger partial charge in [-0.15, -0.1) is 0 Å². The summed E-state index contributed by atoms with van der Waals surface area (Å²) in [5.41, 5.74) is 2.32. The van der Waals surface area contributed by atoms with E-state index in [1.54, 1.807) is 0 Å². The van der Waals surface area contributed by atoms with Crippen molar-refractivity contribution in [3.8, 4) is 0 Å². The summed E-state index contributed by atoms with van der Waals surface area (Å²) in [4.78, 5) is 22.4. The van der Waals surface area contributed by atoms with E-state index < -0.39 is 5.97 Å². The topological polar surface area (TPSA) is 87.7 Å². The molecule has 0 bridgehead atoms. The zero-order valence-corrected chi connectivity index (χ0v) is 13.4. The van der Waals surface area contributed by atoms with E-state index in [9.17, 15) is 9.59 Å². The fourth-order valence-corrected chi connectivity index (χ4v) is 3.07. The SMILES string of the molecule is Cc1ccccc1C1(CNC(=O)NCCC(=O)O)CCOCC1. The number of carboxylic acid groups (broad SMARTS) is 1. The second kappa shape index (κ2) is 7.97. The Bertz CT molecular complexity index is 553. The van der Waals surface area contributed by atoms with Crippen LogP contribution in [0.4, 0.5) is 4.79 Å². The van der Waals surface area contributed by atoms with E-state index in [1.807, 2.05) is 12.1 Å². The molecule has 1 aliphatic heterocycles. The van der Waals surface area contributed by atoms with Gasteiger partial charge in [-0.25, -0.2) is 4.79 Å². The third kappa shape index (κ3) is 4.69. The van der Waals surface area contributed by atoms with E-state index in [-0.39, 0.29) is 24.4 Å². The third-order valence-electron chi connectivity index (χ3n) is 4.38. The van der Waals surface area contributed by atoms with Crippen LogP contribution in [0.5, 0.6) is 0 Å². The number of carbonyl (C=O) groups excluding carboxylic acids is 1. The molecular formula is C17H24N2O4. The van der Waals surface area contributed by atoms with Gasteiger partial charge in [-0.05, 0) is 30.9 Å². The number of benzene rings is 1. The minimum atomic E-state index is -0.925. The summed E-state index contributed by atoms with van der Waals surface area (Å²) < 4.78 is 5.49. The smallest absolute Gasteiger partial charge is 0.314 e. The zero-order chi connectivity index (χ0) is 16.7. The second-order valence-electron chi connectivity index (χ2n) is 5.96. The van der Waals surface area contributed by atoms with Gasteiger partial charge < -0.3 is 20.5 Å². The molecule has 1 aromatic rings. The van der Waals surface area contributed by atoms with Gasteiger partial charge in [-0.1, -0.05) is 24.3 Å². The minimum Gasteiger partial charge on any atom is -0.481 e. The molecule has 3 N–H and O–H groups in total. The number of ether oxygens (including phenoxy) is 1. The lowest BCUT2D eigenvalue weighted by Crippen LogP contribution is -2.47. The summed E-state index contributed by atoms with van der Waals surface area (Å²) in [6.07, 6.45) is 1.63. The molecule has 0 saturated carbocycles. The van der Waals surface area contributed by atoms with Crippen LogP contribution in [0.1, 0.15) is 30.4 Å². The van der Waals surface area contributed by atoms with Crippen molar-refractivity contribution in [3.05, 3.63) is 35.4 Å². The van der Waals surface area contributed by atoms with Crippen LogP contribution in [0.25, 0.3) is 0 Å². The normalized spacial score (nSPS) is 16.6. The van der Waals surface area contributed by atoms with Gasteiger partial charge in [0.2, 0.25) is 0 Å². The molecule has 6 heteroatoms. The van der Waals surface area contributed by atoms with Crippen molar-refractivity contribution in [1.29, 1.82) is 0 Å². The van der Waals surface area contributed by atoms with Gasteiger partial charge >= 0.3 is 12.0 Å². The van der Waals surface area contributed by atoms with E-state index in [0.717, 1.165) is 12.8 Å². The molecule has 0 spiro atoms. The predicted octanol–water partition coefficient (Wildman–Crippen LogP) is 1.82. The van der Waals surface area contributed by atoms with Crippen molar-refractivity contribution in [1.82, 2.24) is 10.6 Å². The average molecular weight is 320 g/mol. The van der Waals surface area contributed by atoms with Crippen LogP contribution >= 0.6 is 0 Å². The van der Waals surface area contributed by atoms with Crippen LogP contribution in [0.15, 0.2) is 24.3 Å². The van der Waals surface area contributed by atoms with Crippen LogP contribution < -0.4 is 10.6 Å². The van der Waals surface area contributed by atoms with Crippen molar-refractivity contribution >= 4 is 12.0 Å². The Balaban J connectivity index is 2.01. The molecule has 1 saturated heterocycles. The van der Waals surface area contributed by atoms with Crippen LogP contribution in [-0.2, 0) is 14.9 Å². The Labute approximate surface area is 136 Å². The van der Waals surface area contributed by atoms with Crippen molar-refractivity contribution < 1.29 is 19.4 Å². The first-order chi connectivity index (χ1) is 11.0. The van der Waals surface area contributed by atoms with Crippen LogP contribution in [-0.4, -0.2) is 43.4 Å². The summed E-state index contributed by atoms with van der Waals surface area (Å²) in [5.74, 6) is -0.925. The molecule has 0 radical (unpaired) electrons. The van der Waals surface area contributed by atoms with E-state index in [4.69, 9.17) is 9.84 Å². The van der Waals surface area contributed by atoms with Gasteiger partial charge in [-0.2, -0.15) is 0 Å². The Kier molecular flexibility index (Phi) is 5.98. The van der Waals surface area contributed by atoms with Crippen molar-refractivity contribution in [2.45, 2.75) is 31.6 Å². The largest absolute Gasteiger partial charge is 0.481 e. The van der Waals surface area contributed by atoms with E-state index in [2.05, 4.69) is 29.7 Å². The van der Waals surface area contributed by atoms with Crippen LogP contribution in [0.2, 0.25) is 0 Å². The number of aryl methyl sites for hydroxylation is 1. The maximum Gasteiger partial charge on any atom is 0.314 e. The highest BCUT2D eigenvalue weighted by atomic mass is 16.5. The highest BCUT2D eigenvalue weighted by molar-refractivity contribution is 5.75. The molecule has 2 amide bonds. The highest BCUT2D eigenvalue weighted by Crippen LogP contribution is 2.36. The number of urea groups is 1. The summed E-state index contributed by atoms with van der Waals surface area (Å²) in [6.45, 7) is 4.08. The van der Waals surface area contributed by atoms with Crippen molar-refractivity contribution in [3.63, 3.8) is 0 Å². The van der Waals surface area contributed by atoms with Gasteiger partial charge in [0.15, 0.2) is 0 Å². The molecule has 6 nitrogen and oxygen atoms in total. The summed E-state index contributed by atoms with van der Waals surface area (Å²) in [7, 11) is 0. The molecule has 126 valence electrons. The number of carbonyl (C=O) groups is 2. The molecule has 0 unspecified atom stereocenters. The first-order valence-electron chi connectivity index (χ1n) is 7.91. The fourth-order valence-electron chi connectivity index (χ4n) is 3.07. The molecular weight excluding hydrogens is 296 g/mol. The number of rotatable bonds is 6. The number of hydrogen-bond donors (Lipinski definition) is 3. The molecule has 0 aliphatic carbocycles. The molecule has 1 fully saturated rings. The molecule has 1 aliphatic rings. The number of nitrogens with one attached hydrogen (secondary N) is 2. The van der Waals surface area contributed by atoms with E-state index in [0.29, 0.717) is 19.8 Å². The molecule has 2 rings (SSSR count). The Hall–Kier alpha value is -2.08. The Morgan fingerprint density at radius 2 is 1.91 bits per heavy atom. The predicted molar refractivity (Wildman–Crippen MR) is 86.6 cm³/mol. The first-order valence-corrected chi connectivity index (χ1v) is 7.91. The number of amides is 2. The molecule has 1 heterocycles. The number of aliphatic carboxylic acids is 1. The molecule has 1 aromatic carbocycles. The molecule has 23 heavy (non-hydrogen) atoms. The summed E-state index contributed by atoms with van der Waals surface area (Å²) in [6, 6.07) is 7.90. The molecule has 0 atom stereocenters. The Morgan fingerprint density at radius 3 is 2.57 bits per heavy atom. The van der Waals surface area contributed by atoms with Gasteiger partial charge in [0.05, 0.1) is 6.42 Å². The van der Waals surface area contributed by atoms with Gasteiger partial charge in [-0.3, -0.25) is 4.79 Å². The van der Waals surface area contributed by atoms with Gasteiger partial charge in [0.1, 0.15) is 0 Å². The lowest BCUT2D eigenvalue weighted by Gasteiger charge is -2.39. The van der Waals surface area contributed by atoms with E-state index >= 15 is 0 Å². The summed E-state index contributed by atoms with van der Waals surface area (Å²) in [5, 5.41) is 14.1. The quantitative estimate of drug-likeness (QED) is 0.746. The fraction of sp³-hybridized carbons (Fsp3) is 0.529. The number of carboxylic acids is 1. The average Bonchev–Trinajstić information content (AvgIpc) is 2.54. The summed E-state index contributed by atoms with van der Waals surface area (Å²) >= 11 is 0. The minimum absolute atomic E-state index is 0.0792. The van der Waals surface area contributed by atoms with E-state index in [1.165, 1.54) is 11.1 Å². The first kappa shape index (κ1) is 17.3. The van der Waals surface area contributed by atoms with Crippen LogP contribution in [0, 0.1) is 6.92 Å². The number of hydrogen-bond acceptors (Lipinski definition) is 3. The zero-order valence-electron chi connectivity index (χ0n) is 13.4. The van der Waals surface area contributed by atoms with Gasteiger partial charge in [0, 0.05) is 31.7 Å². The van der Waals surface area contributed by atoms with Gasteiger partial charge in [0.25, 0.3) is 0 Å².